The molecule has 1 N–H and O–H groups in total. The van der Waals surface area contributed by atoms with Crippen LogP contribution < -0.4 is 16.4 Å². The van der Waals surface area contributed by atoms with Crippen molar-refractivity contribution in [1.82, 2.24) is 0 Å². The molecule has 1 aromatic rings. The van der Waals surface area contributed by atoms with Gasteiger partial charge in [-0.15, -0.1) is 0 Å². The first-order chi connectivity index (χ1) is 5.25. The van der Waals surface area contributed by atoms with Gasteiger partial charge in [0.05, 0.1) is 0 Å². The van der Waals surface area contributed by atoms with Gasteiger partial charge >= 0.3 is 67.3 Å². The van der Waals surface area contributed by atoms with Gasteiger partial charge in [-0.1, -0.05) is 0 Å². The van der Waals surface area contributed by atoms with E-state index in [1.807, 2.05) is 13.0 Å². The molecule has 0 spiro atoms. The number of aliphatic hydroxyl groups is 1. The van der Waals surface area contributed by atoms with E-state index in [1.165, 1.54) is 10.9 Å². The Hall–Kier alpha value is -0.915. The van der Waals surface area contributed by atoms with Crippen LogP contribution in [0.1, 0.15) is 0 Å². The van der Waals surface area contributed by atoms with Crippen molar-refractivity contribution in [2.45, 2.75) is 0 Å². The van der Waals surface area contributed by atoms with E-state index in [0.29, 0.717) is 12.8 Å². The molecule has 0 fully saturated rings. The monoisotopic (exact) mass is 140 g/mol. The second-order valence-electron chi connectivity index (χ2n) is 3.01. The maximum atomic E-state index is 9.20. The topological polar surface area (TPSA) is 20.2 Å². The standard InChI is InChI=1S/C7H7B3O/c8-4-1-2-5-6(3-4)10-7(11)9-5/h1-3,10-11H,8H2. The number of benzene rings is 1. The second kappa shape index (κ2) is 2.30. The van der Waals surface area contributed by atoms with Crippen molar-refractivity contribution in [3.05, 3.63) is 18.2 Å². The van der Waals surface area contributed by atoms with Crippen molar-refractivity contribution in [1.29, 1.82) is 0 Å². The molecular weight excluding hydrogens is 133 g/mol. The molecule has 0 aliphatic carbocycles. The Kier molecular flexibility index (Phi) is 1.41. The first-order valence-corrected chi connectivity index (χ1v) is 3.75. The summed E-state index contributed by atoms with van der Waals surface area (Å²) in [6.45, 7) is 1.83. The molecule has 1 nitrogen and oxygen atoms in total. The molecule has 11 heavy (non-hydrogen) atoms. The molecule has 0 amide bonds. The van der Waals surface area contributed by atoms with E-state index in [9.17, 15) is 5.11 Å². The second-order valence-corrected chi connectivity index (χ2v) is 3.01. The van der Waals surface area contributed by atoms with Gasteiger partial charge in [-0.3, -0.25) is 0 Å². The van der Waals surface area contributed by atoms with Crippen LogP contribution in [0.4, 0.5) is 0 Å². The van der Waals surface area contributed by atoms with Crippen LogP contribution in [0.3, 0.4) is 0 Å². The molecule has 1 aliphatic heterocycles. The van der Waals surface area contributed by atoms with Gasteiger partial charge < -0.3 is 0 Å². The van der Waals surface area contributed by atoms with E-state index in [0.717, 1.165) is 5.46 Å². The first kappa shape index (κ1) is 6.77. The third kappa shape index (κ3) is 1.13. The maximum absolute atomic E-state index is 9.20. The molecule has 2 rings (SSSR count). The predicted molar refractivity (Wildman–Crippen MR) is 53.7 cm³/mol. The van der Waals surface area contributed by atoms with Gasteiger partial charge in [-0.05, 0) is 0 Å². The molecule has 0 unspecified atom stereocenters. The van der Waals surface area contributed by atoms with Gasteiger partial charge in [-0.2, -0.15) is 0 Å². The van der Waals surface area contributed by atoms with E-state index in [-0.39, 0.29) is 0 Å². The third-order valence-corrected chi connectivity index (χ3v) is 1.99. The molecule has 4 heteroatoms. The van der Waals surface area contributed by atoms with E-state index in [4.69, 9.17) is 0 Å². The first-order valence-electron chi connectivity index (χ1n) is 3.75. The third-order valence-electron chi connectivity index (χ3n) is 1.99. The number of aliphatic hydroxyl groups excluding tert-OH is 1. The molecule has 0 atom stereocenters. The Labute approximate surface area is 68.0 Å². The van der Waals surface area contributed by atoms with Gasteiger partial charge in [-0.25, -0.2) is 0 Å². The van der Waals surface area contributed by atoms with Crippen LogP contribution in [0.25, 0.3) is 0 Å². The summed E-state index contributed by atoms with van der Waals surface area (Å²) in [6, 6.07) is 6.23. The van der Waals surface area contributed by atoms with Crippen LogP contribution in [0, 0.1) is 0 Å². The molecule has 0 saturated heterocycles. The van der Waals surface area contributed by atoms with Crippen LogP contribution >= 0.6 is 0 Å². The average molecular weight is 140 g/mol. The molecule has 0 aromatic heterocycles. The molecule has 50 valence electrons. The molecule has 1 aliphatic rings. The average Bonchev–Trinajstić information content (AvgIpc) is 2.27. The summed E-state index contributed by atoms with van der Waals surface area (Å²) < 4.78 is 0. The Morgan fingerprint density at radius 2 is 2.27 bits per heavy atom. The fraction of sp³-hybridized carbons (Fsp3) is 0. The van der Waals surface area contributed by atoms with Crippen LogP contribution in [0.2, 0.25) is 0 Å². The van der Waals surface area contributed by atoms with Crippen molar-refractivity contribution < 1.29 is 5.11 Å². The van der Waals surface area contributed by atoms with Crippen molar-refractivity contribution >= 4 is 44.0 Å². The summed E-state index contributed by atoms with van der Waals surface area (Å²) in [6.07, 6.45) is 0. The van der Waals surface area contributed by atoms with Crippen molar-refractivity contribution in [3.8, 4) is 0 Å². The van der Waals surface area contributed by atoms with Gasteiger partial charge in [0.1, 0.15) is 0 Å². The molecule has 0 radical (unpaired) electrons. The van der Waals surface area contributed by atoms with Gasteiger partial charge in [0.15, 0.2) is 0 Å². The Morgan fingerprint density at radius 3 is 3.09 bits per heavy atom. The fourth-order valence-electron chi connectivity index (χ4n) is 1.45. The summed E-state index contributed by atoms with van der Waals surface area (Å²) in [7, 11) is 2.77. The zero-order valence-electron chi connectivity index (χ0n) is 6.46. The number of fused-ring (bicyclic) bond motifs is 1. The molecule has 1 aromatic carbocycles. The number of hydrogen-bond acceptors (Lipinski definition) is 1. The van der Waals surface area contributed by atoms with Crippen LogP contribution in [0.5, 0.6) is 0 Å². The van der Waals surface area contributed by atoms with Crippen LogP contribution in [-0.4, -0.2) is 32.7 Å². The van der Waals surface area contributed by atoms with E-state index >= 15 is 0 Å². The molecule has 0 saturated carbocycles. The summed E-state index contributed by atoms with van der Waals surface area (Å²) in [5, 5.41) is 9.20. The summed E-state index contributed by atoms with van der Waals surface area (Å²) in [5.74, 6) is 0. The van der Waals surface area contributed by atoms with Crippen molar-refractivity contribution in [3.63, 3.8) is 0 Å². The minimum absolute atomic E-state index is 0.477. The van der Waals surface area contributed by atoms with E-state index in [2.05, 4.69) is 20.0 Å². The summed E-state index contributed by atoms with van der Waals surface area (Å²) >= 11 is 0. The SMILES string of the molecule is Bc1ccc2c(c1)BC(O)=B2. The van der Waals surface area contributed by atoms with E-state index in [1.54, 1.807) is 0 Å². The van der Waals surface area contributed by atoms with Gasteiger partial charge in [0.25, 0.3) is 0 Å². The number of hydrogen-bond donors (Lipinski definition) is 1. The predicted octanol–water partition coefficient (Wildman–Crippen LogP) is -3.19. The van der Waals surface area contributed by atoms with Gasteiger partial charge in [0, 0.05) is 0 Å². The number of rotatable bonds is 0. The minimum atomic E-state index is 0.477. The molecule has 1 heterocycles. The van der Waals surface area contributed by atoms with Crippen molar-refractivity contribution in [2.75, 3.05) is 0 Å². The Balaban J connectivity index is 2.52. The normalized spacial score (nSPS) is 12.9. The van der Waals surface area contributed by atoms with Crippen LogP contribution in [-0.2, 0) is 0 Å². The summed E-state index contributed by atoms with van der Waals surface area (Å²) in [4.78, 5) is 0. The molecule has 0 bridgehead atoms. The van der Waals surface area contributed by atoms with Crippen molar-refractivity contribution in [2.24, 2.45) is 0 Å². The van der Waals surface area contributed by atoms with Gasteiger partial charge in [0.2, 0.25) is 0 Å². The fourth-order valence-corrected chi connectivity index (χ4v) is 1.45. The molecular formula is C7H7B3O. The Bertz CT molecular complexity index is 332. The van der Waals surface area contributed by atoms with E-state index < -0.39 is 0 Å². The zero-order valence-corrected chi connectivity index (χ0v) is 6.46. The Morgan fingerprint density at radius 1 is 1.45 bits per heavy atom. The quantitative estimate of drug-likeness (QED) is 0.376. The van der Waals surface area contributed by atoms with Crippen LogP contribution in [0.15, 0.2) is 18.2 Å². The summed E-state index contributed by atoms with van der Waals surface area (Å²) in [5.41, 5.74) is 4.13. The zero-order chi connectivity index (χ0) is 7.84.